The predicted molar refractivity (Wildman–Crippen MR) is 116 cm³/mol. The number of nitro benzene ring substituents is 2. The standard InChI is InChI=1S/C19H18N6O9S/c1-19(9-22-20-7-11(21-22)17(27)33-2)16(23-13(26)6-14(23)35-19)18(28)34-8-10-4-3-5-12(24(29)30)15(10)25(31)32/h3-5,7,14,16H,6,8-9H2,1-2H3/t14-,16+,19+/m1/s1. The van der Waals surface area contributed by atoms with Crippen LogP contribution in [0.25, 0.3) is 0 Å². The summed E-state index contributed by atoms with van der Waals surface area (Å²) in [4.78, 5) is 60.5. The van der Waals surface area contributed by atoms with Crippen LogP contribution in [0.4, 0.5) is 11.4 Å². The number of esters is 2. The maximum absolute atomic E-state index is 13.2. The van der Waals surface area contributed by atoms with Crippen molar-refractivity contribution < 1.29 is 33.7 Å². The maximum Gasteiger partial charge on any atom is 0.360 e. The van der Waals surface area contributed by atoms with E-state index < -0.39 is 50.6 Å². The highest BCUT2D eigenvalue weighted by atomic mass is 32.2. The van der Waals surface area contributed by atoms with Crippen molar-refractivity contribution in [1.82, 2.24) is 19.9 Å². The van der Waals surface area contributed by atoms with Crippen molar-refractivity contribution in [1.29, 1.82) is 0 Å². The van der Waals surface area contributed by atoms with Gasteiger partial charge in [-0.05, 0) is 13.0 Å². The molecule has 3 atom stereocenters. The third-order valence-corrected chi connectivity index (χ3v) is 7.22. The van der Waals surface area contributed by atoms with E-state index in [1.54, 1.807) is 6.92 Å². The summed E-state index contributed by atoms with van der Waals surface area (Å²) in [6.45, 7) is 1.14. The molecule has 0 spiro atoms. The zero-order valence-corrected chi connectivity index (χ0v) is 19.2. The van der Waals surface area contributed by atoms with Crippen LogP contribution in [0.1, 0.15) is 29.4 Å². The lowest BCUT2D eigenvalue weighted by Gasteiger charge is -2.37. The molecule has 15 nitrogen and oxygen atoms in total. The monoisotopic (exact) mass is 506 g/mol. The van der Waals surface area contributed by atoms with Crippen LogP contribution >= 0.6 is 11.8 Å². The molecule has 2 saturated heterocycles. The summed E-state index contributed by atoms with van der Waals surface area (Å²) < 4.78 is 8.98. The highest BCUT2D eigenvalue weighted by Crippen LogP contribution is 2.52. The number of nitro groups is 2. The number of para-hydroxylation sites is 1. The minimum atomic E-state index is -1.08. The van der Waals surface area contributed by atoms with Gasteiger partial charge in [0.05, 0.1) is 51.8 Å². The van der Waals surface area contributed by atoms with Crippen LogP contribution in [0, 0.1) is 20.2 Å². The van der Waals surface area contributed by atoms with Gasteiger partial charge in [0.15, 0.2) is 5.69 Å². The molecule has 184 valence electrons. The van der Waals surface area contributed by atoms with Gasteiger partial charge in [-0.25, -0.2) is 9.59 Å². The lowest BCUT2D eigenvalue weighted by Crippen LogP contribution is -2.58. The SMILES string of the molecule is COC(=O)c1cnn(C[C@]2(C)S[C@@H]3CC(=O)N3[C@H]2C(=O)OCc2cccc([N+](=O)[O-])c2[N+](=O)[O-])n1. The largest absolute Gasteiger partial charge is 0.464 e. The average molecular weight is 506 g/mol. The summed E-state index contributed by atoms with van der Waals surface area (Å²) >= 11 is 1.35. The molecule has 1 amide bonds. The molecular formula is C19H18N6O9S. The number of fused-ring (bicyclic) bond motifs is 1. The van der Waals surface area contributed by atoms with Crippen LogP contribution in [-0.4, -0.2) is 70.9 Å². The minimum absolute atomic E-state index is 0.0319. The summed E-state index contributed by atoms with van der Waals surface area (Å²) in [5.41, 5.74) is -1.69. The van der Waals surface area contributed by atoms with Gasteiger partial charge in [-0.1, -0.05) is 6.07 Å². The molecular weight excluding hydrogens is 488 g/mol. The number of aromatic nitrogens is 3. The highest BCUT2D eigenvalue weighted by molar-refractivity contribution is 8.01. The van der Waals surface area contributed by atoms with E-state index in [0.29, 0.717) is 0 Å². The van der Waals surface area contributed by atoms with E-state index in [1.807, 2.05) is 0 Å². The van der Waals surface area contributed by atoms with Crippen LogP contribution in [0.5, 0.6) is 0 Å². The number of carbonyl (C=O) groups is 3. The molecule has 1 aromatic heterocycles. The number of nitrogens with zero attached hydrogens (tertiary/aromatic N) is 6. The second-order valence-corrected chi connectivity index (χ2v) is 9.66. The first-order valence-corrected chi connectivity index (χ1v) is 11.0. The molecule has 0 N–H and O–H groups in total. The molecule has 0 unspecified atom stereocenters. The zero-order chi connectivity index (χ0) is 25.5. The van der Waals surface area contributed by atoms with Crippen LogP contribution in [0.15, 0.2) is 24.4 Å². The van der Waals surface area contributed by atoms with E-state index in [0.717, 1.165) is 6.07 Å². The summed E-state index contributed by atoms with van der Waals surface area (Å²) in [6, 6.07) is 2.41. The quantitative estimate of drug-likeness (QED) is 0.214. The molecule has 16 heteroatoms. The fourth-order valence-electron chi connectivity index (χ4n) is 4.10. The van der Waals surface area contributed by atoms with Crippen molar-refractivity contribution in [2.75, 3.05) is 7.11 Å². The second-order valence-electron chi connectivity index (χ2n) is 7.95. The molecule has 4 rings (SSSR count). The topological polar surface area (TPSA) is 190 Å². The van der Waals surface area contributed by atoms with E-state index in [2.05, 4.69) is 14.9 Å². The Labute approximate surface area is 200 Å². The number of benzene rings is 1. The fraction of sp³-hybridized carbons (Fsp3) is 0.421. The van der Waals surface area contributed by atoms with Gasteiger partial charge in [-0.15, -0.1) is 16.9 Å². The number of amides is 1. The lowest BCUT2D eigenvalue weighted by molar-refractivity contribution is -0.423. The van der Waals surface area contributed by atoms with Gasteiger partial charge in [-0.3, -0.25) is 25.0 Å². The molecule has 0 bridgehead atoms. The number of ether oxygens (including phenoxy) is 2. The third kappa shape index (κ3) is 4.27. The molecule has 0 radical (unpaired) electrons. The van der Waals surface area contributed by atoms with E-state index in [4.69, 9.17) is 4.74 Å². The van der Waals surface area contributed by atoms with Gasteiger partial charge >= 0.3 is 23.3 Å². The molecule has 2 aliphatic rings. The molecule has 2 aromatic rings. The first-order valence-electron chi connectivity index (χ1n) is 10.1. The minimum Gasteiger partial charge on any atom is -0.464 e. The van der Waals surface area contributed by atoms with Crippen molar-refractivity contribution in [2.24, 2.45) is 0 Å². The number of β-lactam (4-membered cyclic amide) rings is 1. The number of hydrogen-bond acceptors (Lipinski definition) is 12. The Morgan fingerprint density at radius 2 is 2.03 bits per heavy atom. The summed E-state index contributed by atoms with van der Waals surface area (Å²) in [6.07, 6.45) is 1.43. The fourth-order valence-corrected chi connectivity index (χ4v) is 5.83. The molecule has 35 heavy (non-hydrogen) atoms. The second kappa shape index (κ2) is 8.94. The summed E-state index contributed by atoms with van der Waals surface area (Å²) in [5.74, 6) is -1.79. The van der Waals surface area contributed by atoms with Gasteiger partial charge in [0.1, 0.15) is 12.6 Å². The predicted octanol–water partition coefficient (Wildman–Crippen LogP) is 1.06. The van der Waals surface area contributed by atoms with E-state index in [9.17, 15) is 34.6 Å². The first kappa shape index (κ1) is 24.1. The number of carbonyl (C=O) groups excluding carboxylic acids is 3. The maximum atomic E-state index is 13.2. The Morgan fingerprint density at radius 1 is 1.29 bits per heavy atom. The molecule has 2 aliphatic heterocycles. The van der Waals surface area contributed by atoms with Crippen molar-refractivity contribution in [3.05, 3.63) is 55.9 Å². The summed E-state index contributed by atoms with van der Waals surface area (Å²) in [5, 5.41) is 30.4. The molecule has 0 aliphatic carbocycles. The summed E-state index contributed by atoms with van der Waals surface area (Å²) in [7, 11) is 1.20. The van der Waals surface area contributed by atoms with Gasteiger partial charge in [0, 0.05) is 6.07 Å². The van der Waals surface area contributed by atoms with E-state index >= 15 is 0 Å². The normalized spacial score (nSPS) is 22.8. The number of thioether (sulfide) groups is 1. The van der Waals surface area contributed by atoms with Crippen molar-refractivity contribution in [2.45, 2.75) is 42.7 Å². The Balaban J connectivity index is 1.57. The molecule has 0 saturated carbocycles. The number of hydrogen-bond donors (Lipinski definition) is 0. The Kier molecular flexibility index (Phi) is 6.14. The number of methoxy groups -OCH3 is 1. The smallest absolute Gasteiger partial charge is 0.360 e. The van der Waals surface area contributed by atoms with Crippen molar-refractivity contribution >= 4 is 41.0 Å². The third-order valence-electron chi connectivity index (χ3n) is 5.67. The molecule has 1 aromatic carbocycles. The van der Waals surface area contributed by atoms with Crippen LogP contribution in [0.2, 0.25) is 0 Å². The van der Waals surface area contributed by atoms with Crippen LogP contribution in [-0.2, 0) is 32.2 Å². The van der Waals surface area contributed by atoms with Crippen molar-refractivity contribution in [3.63, 3.8) is 0 Å². The zero-order valence-electron chi connectivity index (χ0n) is 18.4. The van der Waals surface area contributed by atoms with Gasteiger partial charge in [0.2, 0.25) is 5.91 Å². The Hall–Kier alpha value is -4.08. The van der Waals surface area contributed by atoms with Crippen molar-refractivity contribution in [3.8, 4) is 0 Å². The number of rotatable bonds is 8. The van der Waals surface area contributed by atoms with Crippen LogP contribution in [0.3, 0.4) is 0 Å². The van der Waals surface area contributed by atoms with Gasteiger partial charge in [-0.2, -0.15) is 9.90 Å². The Bertz CT molecular complexity index is 1250. The molecule has 3 heterocycles. The van der Waals surface area contributed by atoms with Crippen LogP contribution < -0.4 is 0 Å². The molecule has 2 fully saturated rings. The average Bonchev–Trinajstić information content (AvgIpc) is 3.36. The first-order chi connectivity index (χ1) is 16.6. The lowest BCUT2D eigenvalue weighted by atomic mass is 9.96. The highest BCUT2D eigenvalue weighted by Gasteiger charge is 2.61. The van der Waals surface area contributed by atoms with Gasteiger partial charge in [0.25, 0.3) is 0 Å². The Morgan fingerprint density at radius 3 is 2.66 bits per heavy atom. The van der Waals surface area contributed by atoms with Gasteiger partial charge < -0.3 is 14.4 Å². The van der Waals surface area contributed by atoms with E-state index in [-0.39, 0.29) is 35.5 Å². The van der Waals surface area contributed by atoms with E-state index in [1.165, 1.54) is 46.9 Å².